The maximum Gasteiger partial charge on any atom is 1.00 e. The van der Waals surface area contributed by atoms with Crippen molar-refractivity contribution < 1.29 is 51.4 Å². The van der Waals surface area contributed by atoms with Gasteiger partial charge in [-0.25, -0.2) is 0 Å². The summed E-state index contributed by atoms with van der Waals surface area (Å²) in [5, 5.41) is 0. The van der Waals surface area contributed by atoms with Crippen LogP contribution in [0.4, 0.5) is 0 Å². The molecule has 0 aromatic carbocycles. The molecule has 0 aliphatic rings. The second-order valence-electron chi connectivity index (χ2n) is 0.385. The van der Waals surface area contributed by atoms with E-state index in [1.807, 2.05) is 0 Å². The number of hydrogen-bond acceptors (Lipinski definition) is 0. The molecule has 0 aliphatic carbocycles. The molecule has 0 saturated heterocycles. The minimum Gasteiger partial charge on any atom is -0.394 e. The van der Waals surface area contributed by atoms with Crippen molar-refractivity contribution in [3.8, 4) is 0 Å². The van der Waals surface area contributed by atoms with E-state index < -0.39 is 0 Å². The summed E-state index contributed by atoms with van der Waals surface area (Å²) in [4.78, 5) is 0. The number of rotatable bonds is 1. The first-order chi connectivity index (χ1) is 1.91. The molecule has 0 saturated carbocycles. The molecule has 0 rings (SSSR count). The molecule has 0 aromatic rings. The first-order valence-electron chi connectivity index (χ1n) is 1.00. The van der Waals surface area contributed by atoms with Crippen molar-refractivity contribution in [2.24, 2.45) is 0 Å². The molecule has 5 heavy (non-hydrogen) atoms. The van der Waals surface area contributed by atoms with Gasteiger partial charge < -0.3 is 25.3 Å². The monoisotopic (exact) mass is 91.0 g/mol. The van der Waals surface area contributed by atoms with Crippen molar-refractivity contribution in [3.05, 3.63) is 25.3 Å². The third-order valence-electron chi connectivity index (χ3n) is 0.111. The van der Waals surface area contributed by atoms with Gasteiger partial charge in [0.15, 0.2) is 0 Å². The van der Waals surface area contributed by atoms with E-state index in [1.54, 1.807) is 0 Å². The molecule has 0 N–H and O–H groups in total. The minimum absolute atomic E-state index is 0. The molecule has 0 fully saturated rings. The van der Waals surface area contributed by atoms with Crippen LogP contribution in [-0.2, 0) is 0 Å². The quantitative estimate of drug-likeness (QED) is 0.198. The normalized spacial score (nSPS) is 4.00. The summed E-state index contributed by atoms with van der Waals surface area (Å²) in [6.07, 6.45) is 2.56. The van der Waals surface area contributed by atoms with Gasteiger partial charge in [-0.3, -0.25) is 0 Å². The third-order valence-corrected chi connectivity index (χ3v) is 0.111. The Balaban J connectivity index is 0. The van der Waals surface area contributed by atoms with E-state index in [-0.39, 0.29) is 51.4 Å². The topological polar surface area (TPSA) is 0 Å². The smallest absolute Gasteiger partial charge is 0.394 e. The Hall–Kier alpha value is 1.12. The maximum absolute atomic E-state index is 4.72. The fourth-order valence-electron chi connectivity index (χ4n) is 0. The molecule has 0 atom stereocenters. The summed E-state index contributed by atoms with van der Waals surface area (Å²) >= 11 is 0. The summed E-state index contributed by atoms with van der Waals surface area (Å²) < 4.78 is 0. The van der Waals surface area contributed by atoms with Crippen LogP contribution in [0.5, 0.6) is 0 Å². The van der Waals surface area contributed by atoms with Crippen LogP contribution in [0.1, 0.15) is 0 Å². The van der Waals surface area contributed by atoms with Gasteiger partial charge in [-0.15, -0.1) is 0 Å². The van der Waals surface area contributed by atoms with Crippen LogP contribution in [0, 0.1) is 13.2 Å². The minimum atomic E-state index is 0. The van der Waals surface area contributed by atoms with E-state index in [9.17, 15) is 0 Å². The van der Waals surface area contributed by atoms with Gasteiger partial charge in [-0.2, -0.15) is 0 Å². The van der Waals surface area contributed by atoms with Gasteiger partial charge in [0.25, 0.3) is 0 Å². The molecule has 22 valence electrons. The Labute approximate surface area is 75.4 Å². The molecule has 1 heteroatoms. The van der Waals surface area contributed by atoms with Crippen LogP contribution < -0.4 is 51.4 Å². The molecule has 0 nitrogen and oxygen atoms in total. The van der Waals surface area contributed by atoms with Crippen molar-refractivity contribution >= 4 is 0 Å². The van der Waals surface area contributed by atoms with E-state index in [2.05, 4.69) is 0 Å². The predicted molar refractivity (Wildman–Crippen MR) is 17.7 cm³/mol. The molecular weight excluding hydrogens is 87.1 g/mol. The zero-order valence-corrected chi connectivity index (χ0v) is 6.43. The van der Waals surface area contributed by atoms with Crippen molar-refractivity contribution in [2.75, 3.05) is 0 Å². The average Bonchev–Trinajstić information content (AvgIpc) is 1.37. The first kappa shape index (κ1) is 9.45. The van der Waals surface area contributed by atoms with Gasteiger partial charge in [0.2, 0.25) is 0 Å². The Morgan fingerprint density at radius 3 is 1.20 bits per heavy atom. The van der Waals surface area contributed by atoms with Crippen LogP contribution in [0.3, 0.4) is 0 Å². The molecule has 0 unspecified atom stereocenters. The Morgan fingerprint density at radius 2 is 1.20 bits per heavy atom. The van der Waals surface area contributed by atoms with Gasteiger partial charge in [-0.1, -0.05) is 0 Å². The standard InChI is InChI=1S/C4H4.K/c1-3-4-2;/h1-4H;/q-2;+1. The molecular formula is C4H4K-. The van der Waals surface area contributed by atoms with E-state index in [0.717, 1.165) is 0 Å². The van der Waals surface area contributed by atoms with Crippen molar-refractivity contribution in [2.45, 2.75) is 0 Å². The van der Waals surface area contributed by atoms with Gasteiger partial charge >= 0.3 is 51.4 Å². The van der Waals surface area contributed by atoms with Crippen molar-refractivity contribution in [3.63, 3.8) is 0 Å². The molecule has 0 heterocycles. The van der Waals surface area contributed by atoms with Crippen molar-refractivity contribution in [1.29, 1.82) is 0 Å². The van der Waals surface area contributed by atoms with E-state index >= 15 is 0 Å². The SMILES string of the molecule is [CH-]=CC=[CH-].[K+]. The molecule has 0 amide bonds. The fraction of sp³-hybridized carbons (Fsp3) is 0. The van der Waals surface area contributed by atoms with Crippen LogP contribution >= 0.6 is 0 Å². The molecule has 0 radical (unpaired) electrons. The largest absolute Gasteiger partial charge is 1.00 e. The molecule has 0 aliphatic heterocycles. The molecule has 0 bridgehead atoms. The summed E-state index contributed by atoms with van der Waals surface area (Å²) in [6, 6.07) is 0. The van der Waals surface area contributed by atoms with Crippen LogP contribution in [0.15, 0.2) is 12.2 Å². The van der Waals surface area contributed by atoms with E-state index in [1.165, 1.54) is 12.2 Å². The summed E-state index contributed by atoms with van der Waals surface area (Å²) in [6.45, 7) is 9.44. The predicted octanol–water partition coefficient (Wildman–Crippen LogP) is -2.03. The van der Waals surface area contributed by atoms with E-state index in [4.69, 9.17) is 13.2 Å². The fourth-order valence-corrected chi connectivity index (χ4v) is 0. The molecule has 0 spiro atoms. The summed E-state index contributed by atoms with van der Waals surface area (Å²) in [5.74, 6) is 0. The van der Waals surface area contributed by atoms with Crippen LogP contribution in [0.25, 0.3) is 0 Å². The van der Waals surface area contributed by atoms with Gasteiger partial charge in [-0.05, 0) is 0 Å². The molecule has 0 aromatic heterocycles. The summed E-state index contributed by atoms with van der Waals surface area (Å²) in [5.41, 5.74) is 0. The first-order valence-corrected chi connectivity index (χ1v) is 1.00. The number of hydrogen-bond donors (Lipinski definition) is 0. The Morgan fingerprint density at radius 1 is 1.00 bits per heavy atom. The Kier molecular flexibility index (Phi) is 16.9. The van der Waals surface area contributed by atoms with Gasteiger partial charge in [0.05, 0.1) is 0 Å². The average molecular weight is 91.2 g/mol. The second kappa shape index (κ2) is 8.93. The maximum atomic E-state index is 4.72. The van der Waals surface area contributed by atoms with Crippen LogP contribution in [0.2, 0.25) is 0 Å². The third kappa shape index (κ3) is 11.1. The van der Waals surface area contributed by atoms with E-state index in [0.29, 0.717) is 0 Å². The Bertz CT molecular complexity index is 24.6. The second-order valence-corrected chi connectivity index (χ2v) is 0.385. The number of allylic oxidation sites excluding steroid dienone is 2. The van der Waals surface area contributed by atoms with Crippen LogP contribution in [-0.4, -0.2) is 0 Å². The summed E-state index contributed by atoms with van der Waals surface area (Å²) in [7, 11) is 0. The zero-order chi connectivity index (χ0) is 3.41. The van der Waals surface area contributed by atoms with Crippen molar-refractivity contribution in [1.82, 2.24) is 0 Å². The zero-order valence-electron chi connectivity index (χ0n) is 3.31. The van der Waals surface area contributed by atoms with Gasteiger partial charge in [0.1, 0.15) is 0 Å². The van der Waals surface area contributed by atoms with Gasteiger partial charge in [0, 0.05) is 0 Å².